The van der Waals surface area contributed by atoms with Gasteiger partial charge in [-0.2, -0.15) is 0 Å². The fourth-order valence-corrected chi connectivity index (χ4v) is 3.47. The van der Waals surface area contributed by atoms with E-state index in [-0.39, 0.29) is 17.7 Å². The molecule has 0 spiro atoms. The molecule has 2 N–H and O–H groups in total. The first-order valence-electron chi connectivity index (χ1n) is 9.94. The summed E-state index contributed by atoms with van der Waals surface area (Å²) in [6.45, 7) is 1.36. The predicted molar refractivity (Wildman–Crippen MR) is 109 cm³/mol. The normalized spacial score (nSPS) is 14.4. The number of nitrogens with zero attached hydrogens (tertiary/aromatic N) is 1. The van der Waals surface area contributed by atoms with Gasteiger partial charge in [0.05, 0.1) is 5.92 Å². The Morgan fingerprint density at radius 3 is 2.21 bits per heavy atom. The van der Waals surface area contributed by atoms with Crippen molar-refractivity contribution in [2.75, 3.05) is 13.1 Å². The maximum absolute atomic E-state index is 12.6. The average molecular weight is 394 g/mol. The molecule has 0 atom stereocenters. The smallest absolute Gasteiger partial charge is 0.306 e. The second-order valence-corrected chi connectivity index (χ2v) is 7.36. The summed E-state index contributed by atoms with van der Waals surface area (Å²) in [5.74, 6) is -1.22. The molecule has 0 radical (unpaired) electrons. The Balaban J connectivity index is 1.44. The van der Waals surface area contributed by atoms with E-state index < -0.39 is 5.97 Å². The molecule has 0 saturated carbocycles. The van der Waals surface area contributed by atoms with Crippen LogP contribution in [-0.4, -0.2) is 40.9 Å². The van der Waals surface area contributed by atoms with Crippen molar-refractivity contribution in [3.05, 3.63) is 71.3 Å². The van der Waals surface area contributed by atoms with E-state index in [2.05, 4.69) is 5.32 Å². The number of rotatable bonds is 7. The fraction of sp³-hybridized carbons (Fsp3) is 0.348. The lowest BCUT2D eigenvalue weighted by atomic mass is 9.96. The number of carboxylic acid groups (broad SMARTS) is 1. The second-order valence-electron chi connectivity index (χ2n) is 7.36. The van der Waals surface area contributed by atoms with Crippen molar-refractivity contribution in [3.63, 3.8) is 0 Å². The van der Waals surface area contributed by atoms with Crippen molar-refractivity contribution >= 4 is 17.8 Å². The van der Waals surface area contributed by atoms with Gasteiger partial charge in [-0.05, 0) is 42.5 Å². The minimum atomic E-state index is -0.785. The maximum Gasteiger partial charge on any atom is 0.306 e. The zero-order valence-electron chi connectivity index (χ0n) is 16.3. The Morgan fingerprint density at radius 2 is 1.59 bits per heavy atom. The van der Waals surface area contributed by atoms with Crippen molar-refractivity contribution in [2.24, 2.45) is 5.92 Å². The van der Waals surface area contributed by atoms with E-state index in [0.29, 0.717) is 50.9 Å². The van der Waals surface area contributed by atoms with Gasteiger partial charge in [-0.25, -0.2) is 0 Å². The zero-order chi connectivity index (χ0) is 20.6. The lowest BCUT2D eigenvalue weighted by Crippen LogP contribution is -2.40. The highest BCUT2D eigenvalue weighted by Gasteiger charge is 2.27. The Kier molecular flexibility index (Phi) is 7.00. The van der Waals surface area contributed by atoms with E-state index in [1.165, 1.54) is 0 Å². The van der Waals surface area contributed by atoms with Gasteiger partial charge in [0.1, 0.15) is 0 Å². The van der Waals surface area contributed by atoms with Crippen LogP contribution in [0.2, 0.25) is 0 Å². The Morgan fingerprint density at radius 1 is 0.931 bits per heavy atom. The summed E-state index contributed by atoms with van der Waals surface area (Å²) in [5.41, 5.74) is 2.65. The highest BCUT2D eigenvalue weighted by Crippen LogP contribution is 2.19. The lowest BCUT2D eigenvalue weighted by molar-refractivity contribution is -0.143. The molecule has 1 saturated heterocycles. The van der Waals surface area contributed by atoms with Crippen LogP contribution in [0.1, 0.15) is 40.7 Å². The molecule has 1 fully saturated rings. The molecule has 3 rings (SSSR count). The number of hydrogen-bond donors (Lipinski definition) is 2. The van der Waals surface area contributed by atoms with Crippen LogP contribution in [0.3, 0.4) is 0 Å². The van der Waals surface area contributed by atoms with Crippen molar-refractivity contribution in [1.29, 1.82) is 0 Å². The van der Waals surface area contributed by atoms with Crippen molar-refractivity contribution in [2.45, 2.75) is 32.2 Å². The zero-order valence-corrected chi connectivity index (χ0v) is 16.3. The lowest BCUT2D eigenvalue weighted by Gasteiger charge is -2.30. The van der Waals surface area contributed by atoms with E-state index in [4.69, 9.17) is 5.11 Å². The summed E-state index contributed by atoms with van der Waals surface area (Å²) in [7, 11) is 0. The molecule has 2 aromatic rings. The van der Waals surface area contributed by atoms with Crippen LogP contribution in [0.25, 0.3) is 0 Å². The second kappa shape index (κ2) is 9.87. The number of piperidine rings is 1. The summed E-state index contributed by atoms with van der Waals surface area (Å²) in [5, 5.41) is 12.0. The van der Waals surface area contributed by atoms with Gasteiger partial charge in [-0.1, -0.05) is 42.5 Å². The van der Waals surface area contributed by atoms with Gasteiger partial charge >= 0.3 is 5.97 Å². The number of benzene rings is 2. The quantitative estimate of drug-likeness (QED) is 0.756. The third-order valence-corrected chi connectivity index (χ3v) is 5.31. The first-order chi connectivity index (χ1) is 14.0. The maximum atomic E-state index is 12.6. The minimum absolute atomic E-state index is 0.00434. The first kappa shape index (κ1) is 20.6. The SMILES string of the molecule is O=C(CCc1ccccc1)NCc1ccc(C(=O)N2CCC(C(=O)O)CC2)cc1. The van der Waals surface area contributed by atoms with E-state index in [1.54, 1.807) is 17.0 Å². The van der Waals surface area contributed by atoms with Crippen molar-refractivity contribution in [1.82, 2.24) is 10.2 Å². The van der Waals surface area contributed by atoms with Gasteiger partial charge in [0.15, 0.2) is 0 Å². The summed E-state index contributed by atoms with van der Waals surface area (Å²) in [6, 6.07) is 17.1. The summed E-state index contributed by atoms with van der Waals surface area (Å²) in [6.07, 6.45) is 2.13. The molecule has 2 amide bonds. The largest absolute Gasteiger partial charge is 0.481 e. The molecule has 0 aromatic heterocycles. The summed E-state index contributed by atoms with van der Waals surface area (Å²) >= 11 is 0. The van der Waals surface area contributed by atoms with Crippen LogP contribution in [0.5, 0.6) is 0 Å². The third-order valence-electron chi connectivity index (χ3n) is 5.31. The number of aliphatic carboxylic acids is 1. The van der Waals surface area contributed by atoms with Gasteiger partial charge in [0.25, 0.3) is 5.91 Å². The molecular weight excluding hydrogens is 368 g/mol. The first-order valence-corrected chi connectivity index (χ1v) is 9.94. The summed E-state index contributed by atoms with van der Waals surface area (Å²) in [4.78, 5) is 37.4. The molecule has 6 heteroatoms. The van der Waals surface area contributed by atoms with E-state index in [9.17, 15) is 14.4 Å². The topological polar surface area (TPSA) is 86.7 Å². The van der Waals surface area contributed by atoms with E-state index in [1.807, 2.05) is 42.5 Å². The fourth-order valence-electron chi connectivity index (χ4n) is 3.47. The number of nitrogens with one attached hydrogen (secondary N) is 1. The van der Waals surface area contributed by atoms with E-state index >= 15 is 0 Å². The molecule has 0 unspecified atom stereocenters. The molecular formula is C23H26N2O4. The van der Waals surface area contributed by atoms with Gasteiger partial charge in [0, 0.05) is 31.6 Å². The van der Waals surface area contributed by atoms with Gasteiger partial charge in [-0.15, -0.1) is 0 Å². The number of carbonyl (C=O) groups is 3. The van der Waals surface area contributed by atoms with Crippen molar-refractivity contribution in [3.8, 4) is 0 Å². The highest BCUT2D eigenvalue weighted by molar-refractivity contribution is 5.94. The number of amides is 2. The van der Waals surface area contributed by atoms with Crippen molar-refractivity contribution < 1.29 is 19.5 Å². The van der Waals surface area contributed by atoms with Crippen LogP contribution in [0.4, 0.5) is 0 Å². The number of aryl methyl sites for hydroxylation is 1. The van der Waals surface area contributed by atoms with Gasteiger partial charge in [0.2, 0.25) is 5.91 Å². The number of carboxylic acids is 1. The summed E-state index contributed by atoms with van der Waals surface area (Å²) < 4.78 is 0. The Hall–Kier alpha value is -3.15. The molecule has 1 heterocycles. The molecule has 0 bridgehead atoms. The molecule has 152 valence electrons. The number of hydrogen-bond acceptors (Lipinski definition) is 3. The van der Waals surface area contributed by atoms with Gasteiger partial charge < -0.3 is 15.3 Å². The van der Waals surface area contributed by atoms with Crippen LogP contribution < -0.4 is 5.32 Å². The molecule has 1 aliphatic rings. The van der Waals surface area contributed by atoms with Crippen LogP contribution in [0, 0.1) is 5.92 Å². The van der Waals surface area contributed by atoms with Gasteiger partial charge in [-0.3, -0.25) is 14.4 Å². The molecule has 2 aromatic carbocycles. The Labute approximate surface area is 170 Å². The van der Waals surface area contributed by atoms with Crippen LogP contribution in [-0.2, 0) is 22.6 Å². The third kappa shape index (κ3) is 5.91. The standard InChI is InChI=1S/C23H26N2O4/c26-21(11-8-17-4-2-1-3-5-17)24-16-18-6-9-19(10-7-18)22(27)25-14-12-20(13-15-25)23(28)29/h1-7,9-10,20H,8,11-16H2,(H,24,26)(H,28,29). The average Bonchev–Trinajstić information content (AvgIpc) is 2.77. The minimum Gasteiger partial charge on any atom is -0.481 e. The highest BCUT2D eigenvalue weighted by atomic mass is 16.4. The van der Waals surface area contributed by atoms with E-state index in [0.717, 1.165) is 11.1 Å². The van der Waals surface area contributed by atoms with Crippen LogP contribution >= 0.6 is 0 Å². The number of likely N-dealkylation sites (tertiary alicyclic amines) is 1. The molecule has 1 aliphatic heterocycles. The number of carbonyl (C=O) groups excluding carboxylic acids is 2. The predicted octanol–water partition coefficient (Wildman–Crippen LogP) is 2.87. The molecule has 29 heavy (non-hydrogen) atoms. The van der Waals surface area contributed by atoms with Crippen LogP contribution in [0.15, 0.2) is 54.6 Å². The Bertz CT molecular complexity index is 841. The molecule has 6 nitrogen and oxygen atoms in total. The molecule has 0 aliphatic carbocycles. The monoisotopic (exact) mass is 394 g/mol.